The third-order valence-corrected chi connectivity index (χ3v) is 2.79. The predicted octanol–water partition coefficient (Wildman–Crippen LogP) is 2.63. The minimum atomic E-state index is -0.913. The number of aryl methyl sites for hydroxylation is 2. The molecule has 0 saturated carbocycles. The van der Waals surface area contributed by atoms with E-state index in [1.165, 1.54) is 0 Å². The number of anilines is 1. The Morgan fingerprint density at radius 3 is 2.47 bits per heavy atom. The fourth-order valence-corrected chi connectivity index (χ4v) is 2.11. The SMILES string of the molecule is CCN(c1cc(C)nc(C)c1C(=O)O)C(C)C. The van der Waals surface area contributed by atoms with Crippen LogP contribution in [0.15, 0.2) is 6.07 Å². The van der Waals surface area contributed by atoms with Gasteiger partial charge in [-0.25, -0.2) is 4.79 Å². The van der Waals surface area contributed by atoms with Crippen molar-refractivity contribution in [2.24, 2.45) is 0 Å². The van der Waals surface area contributed by atoms with Crippen molar-refractivity contribution >= 4 is 11.7 Å². The van der Waals surface area contributed by atoms with E-state index in [0.29, 0.717) is 11.3 Å². The molecule has 0 aliphatic rings. The zero-order chi connectivity index (χ0) is 13.2. The maximum Gasteiger partial charge on any atom is 0.339 e. The van der Waals surface area contributed by atoms with Crippen LogP contribution in [0, 0.1) is 13.8 Å². The van der Waals surface area contributed by atoms with Gasteiger partial charge in [0.1, 0.15) is 5.56 Å². The Balaban J connectivity index is 3.43. The van der Waals surface area contributed by atoms with Gasteiger partial charge in [0.25, 0.3) is 0 Å². The van der Waals surface area contributed by atoms with Crippen LogP contribution < -0.4 is 4.90 Å². The molecule has 1 N–H and O–H groups in total. The summed E-state index contributed by atoms with van der Waals surface area (Å²) in [5.74, 6) is -0.913. The highest BCUT2D eigenvalue weighted by Crippen LogP contribution is 2.25. The second-order valence-corrected chi connectivity index (χ2v) is 4.43. The van der Waals surface area contributed by atoms with E-state index in [2.05, 4.69) is 23.7 Å². The number of hydrogen-bond acceptors (Lipinski definition) is 3. The summed E-state index contributed by atoms with van der Waals surface area (Å²) in [5.41, 5.74) is 2.50. The lowest BCUT2D eigenvalue weighted by molar-refractivity contribution is 0.0696. The molecule has 0 amide bonds. The van der Waals surface area contributed by atoms with Gasteiger partial charge in [-0.05, 0) is 40.7 Å². The minimum absolute atomic E-state index is 0.263. The molecular formula is C13H20N2O2. The lowest BCUT2D eigenvalue weighted by atomic mass is 10.1. The second kappa shape index (κ2) is 5.17. The number of carboxylic acid groups (broad SMARTS) is 1. The van der Waals surface area contributed by atoms with Crippen molar-refractivity contribution in [2.45, 2.75) is 40.7 Å². The molecule has 1 aromatic rings. The van der Waals surface area contributed by atoms with Crippen LogP contribution in [-0.4, -0.2) is 28.6 Å². The van der Waals surface area contributed by atoms with Gasteiger partial charge in [-0.1, -0.05) is 0 Å². The van der Waals surface area contributed by atoms with Gasteiger partial charge in [0.2, 0.25) is 0 Å². The maximum atomic E-state index is 11.3. The van der Waals surface area contributed by atoms with Crippen molar-refractivity contribution in [1.82, 2.24) is 4.98 Å². The molecule has 0 aliphatic heterocycles. The molecule has 4 heteroatoms. The van der Waals surface area contributed by atoms with Crippen LogP contribution in [-0.2, 0) is 0 Å². The predicted molar refractivity (Wildman–Crippen MR) is 68.8 cm³/mol. The molecular weight excluding hydrogens is 216 g/mol. The number of rotatable bonds is 4. The van der Waals surface area contributed by atoms with Crippen LogP contribution >= 0.6 is 0 Å². The first kappa shape index (κ1) is 13.5. The standard InChI is InChI=1S/C13H20N2O2/c1-6-15(8(2)3)11-7-9(4)14-10(5)12(11)13(16)17/h7-8H,6H2,1-5H3,(H,16,17). The van der Waals surface area contributed by atoms with Gasteiger partial charge >= 0.3 is 5.97 Å². The minimum Gasteiger partial charge on any atom is -0.478 e. The molecule has 0 aliphatic carbocycles. The number of carbonyl (C=O) groups is 1. The summed E-state index contributed by atoms with van der Waals surface area (Å²) in [4.78, 5) is 17.6. The van der Waals surface area contributed by atoms with E-state index in [-0.39, 0.29) is 6.04 Å². The molecule has 0 bridgehead atoms. The summed E-state index contributed by atoms with van der Waals surface area (Å²) in [6, 6.07) is 2.11. The third kappa shape index (κ3) is 2.75. The molecule has 17 heavy (non-hydrogen) atoms. The van der Waals surface area contributed by atoms with Gasteiger partial charge in [0, 0.05) is 18.3 Å². The van der Waals surface area contributed by atoms with Crippen molar-refractivity contribution < 1.29 is 9.90 Å². The van der Waals surface area contributed by atoms with Crippen LogP contribution in [0.25, 0.3) is 0 Å². The molecule has 0 aromatic carbocycles. The first-order valence-corrected chi connectivity index (χ1v) is 5.86. The second-order valence-electron chi connectivity index (χ2n) is 4.43. The summed E-state index contributed by atoms with van der Waals surface area (Å²) < 4.78 is 0. The van der Waals surface area contributed by atoms with Crippen LogP contribution in [0.5, 0.6) is 0 Å². The third-order valence-electron chi connectivity index (χ3n) is 2.79. The fraction of sp³-hybridized carbons (Fsp3) is 0.538. The number of pyridine rings is 1. The first-order valence-electron chi connectivity index (χ1n) is 5.86. The fourth-order valence-electron chi connectivity index (χ4n) is 2.11. The lowest BCUT2D eigenvalue weighted by Gasteiger charge is -2.29. The average molecular weight is 236 g/mol. The zero-order valence-corrected chi connectivity index (χ0v) is 11.1. The van der Waals surface area contributed by atoms with Gasteiger partial charge in [0.05, 0.1) is 11.4 Å². The molecule has 1 rings (SSSR count). The topological polar surface area (TPSA) is 53.4 Å². The summed E-state index contributed by atoms with van der Waals surface area (Å²) >= 11 is 0. The van der Waals surface area contributed by atoms with Crippen molar-refractivity contribution in [3.8, 4) is 0 Å². The largest absolute Gasteiger partial charge is 0.478 e. The number of hydrogen-bond donors (Lipinski definition) is 1. The molecule has 0 saturated heterocycles. The summed E-state index contributed by atoms with van der Waals surface area (Å²) in [5, 5.41) is 9.30. The monoisotopic (exact) mass is 236 g/mol. The highest BCUT2D eigenvalue weighted by Gasteiger charge is 2.20. The number of nitrogens with zero attached hydrogens (tertiary/aromatic N) is 2. The maximum absolute atomic E-state index is 11.3. The Bertz CT molecular complexity index is 428. The molecule has 0 radical (unpaired) electrons. The molecule has 1 heterocycles. The summed E-state index contributed by atoms with van der Waals surface area (Å²) in [6.07, 6.45) is 0. The molecule has 94 valence electrons. The molecule has 0 fully saturated rings. The number of carboxylic acids is 1. The van der Waals surface area contributed by atoms with Gasteiger partial charge in [0.15, 0.2) is 0 Å². The Hall–Kier alpha value is -1.58. The summed E-state index contributed by atoms with van der Waals surface area (Å²) in [7, 11) is 0. The van der Waals surface area contributed by atoms with Gasteiger partial charge in [-0.15, -0.1) is 0 Å². The quantitative estimate of drug-likeness (QED) is 0.873. The Morgan fingerprint density at radius 1 is 1.47 bits per heavy atom. The zero-order valence-electron chi connectivity index (χ0n) is 11.1. The van der Waals surface area contributed by atoms with E-state index < -0.39 is 5.97 Å². The van der Waals surface area contributed by atoms with Gasteiger partial charge < -0.3 is 10.0 Å². The highest BCUT2D eigenvalue weighted by molar-refractivity contribution is 5.95. The molecule has 0 unspecified atom stereocenters. The van der Waals surface area contributed by atoms with Gasteiger partial charge in [-0.3, -0.25) is 4.98 Å². The van der Waals surface area contributed by atoms with E-state index in [9.17, 15) is 9.90 Å². The van der Waals surface area contributed by atoms with Crippen LogP contribution in [0.2, 0.25) is 0 Å². The highest BCUT2D eigenvalue weighted by atomic mass is 16.4. The number of aromatic nitrogens is 1. The van der Waals surface area contributed by atoms with E-state index in [0.717, 1.165) is 17.9 Å². The van der Waals surface area contributed by atoms with Crippen molar-refractivity contribution in [3.05, 3.63) is 23.0 Å². The Kier molecular flexibility index (Phi) is 4.10. The Morgan fingerprint density at radius 2 is 2.06 bits per heavy atom. The molecule has 4 nitrogen and oxygen atoms in total. The van der Waals surface area contributed by atoms with E-state index in [1.54, 1.807) is 6.92 Å². The van der Waals surface area contributed by atoms with E-state index in [1.807, 2.05) is 19.9 Å². The first-order chi connectivity index (χ1) is 7.88. The molecule has 0 atom stereocenters. The average Bonchev–Trinajstić information content (AvgIpc) is 2.15. The van der Waals surface area contributed by atoms with Crippen LogP contribution in [0.4, 0.5) is 5.69 Å². The van der Waals surface area contributed by atoms with E-state index in [4.69, 9.17) is 0 Å². The van der Waals surface area contributed by atoms with Crippen molar-refractivity contribution in [3.63, 3.8) is 0 Å². The van der Waals surface area contributed by atoms with Crippen LogP contribution in [0.3, 0.4) is 0 Å². The van der Waals surface area contributed by atoms with Crippen LogP contribution in [0.1, 0.15) is 42.5 Å². The van der Waals surface area contributed by atoms with E-state index >= 15 is 0 Å². The molecule has 0 spiro atoms. The Labute approximate surface area is 102 Å². The summed E-state index contributed by atoms with van der Waals surface area (Å²) in [6.45, 7) is 10.5. The van der Waals surface area contributed by atoms with Crippen molar-refractivity contribution in [1.29, 1.82) is 0 Å². The lowest BCUT2D eigenvalue weighted by Crippen LogP contribution is -2.32. The smallest absolute Gasteiger partial charge is 0.339 e. The normalized spacial score (nSPS) is 10.7. The molecule has 1 aromatic heterocycles. The number of aromatic carboxylic acids is 1. The van der Waals surface area contributed by atoms with Gasteiger partial charge in [-0.2, -0.15) is 0 Å². The van der Waals surface area contributed by atoms with Crippen molar-refractivity contribution in [2.75, 3.05) is 11.4 Å².